The van der Waals surface area contributed by atoms with Gasteiger partial charge in [0, 0.05) is 18.2 Å². The number of nitrogens with one attached hydrogen (secondary N) is 1. The van der Waals surface area contributed by atoms with Crippen molar-refractivity contribution in [3.63, 3.8) is 0 Å². The van der Waals surface area contributed by atoms with Crippen molar-refractivity contribution in [3.05, 3.63) is 29.8 Å². The van der Waals surface area contributed by atoms with Gasteiger partial charge in [0.15, 0.2) is 0 Å². The number of ether oxygens (including phenoxy) is 1. The molecule has 0 bridgehead atoms. The minimum Gasteiger partial charge on any atom is -0.496 e. The molecule has 1 aromatic rings. The molecule has 1 unspecified atom stereocenters. The second-order valence-electron chi connectivity index (χ2n) is 5.84. The average Bonchev–Trinajstić information content (AvgIpc) is 2.33. The quantitative estimate of drug-likeness (QED) is 0.816. The molecule has 2 N–H and O–H groups in total. The number of hydrogen-bond acceptors (Lipinski definition) is 3. The van der Waals surface area contributed by atoms with Gasteiger partial charge in [-0.05, 0) is 17.9 Å². The fourth-order valence-electron chi connectivity index (χ4n) is 2.04. The fourth-order valence-corrected chi connectivity index (χ4v) is 2.04. The zero-order chi connectivity index (χ0) is 13.6. The molecule has 0 spiro atoms. The first-order chi connectivity index (χ1) is 8.46. The summed E-state index contributed by atoms with van der Waals surface area (Å²) in [5.74, 6) is 0.887. The van der Waals surface area contributed by atoms with E-state index in [1.165, 1.54) is 0 Å². The van der Waals surface area contributed by atoms with Crippen LogP contribution in [0.1, 0.15) is 32.8 Å². The second-order valence-corrected chi connectivity index (χ2v) is 5.84. The second kappa shape index (κ2) is 6.76. The van der Waals surface area contributed by atoms with E-state index in [9.17, 15) is 5.11 Å². The first-order valence-corrected chi connectivity index (χ1v) is 6.42. The summed E-state index contributed by atoms with van der Waals surface area (Å²) >= 11 is 0. The SMILES string of the molecule is COc1ccccc1CNC(CO)CC(C)(C)C. The largest absolute Gasteiger partial charge is 0.496 e. The molecule has 3 nitrogen and oxygen atoms in total. The molecular weight excluding hydrogens is 226 g/mol. The molecule has 3 heteroatoms. The molecule has 0 saturated carbocycles. The van der Waals surface area contributed by atoms with Gasteiger partial charge in [-0.15, -0.1) is 0 Å². The van der Waals surface area contributed by atoms with Crippen molar-refractivity contribution in [3.8, 4) is 5.75 Å². The summed E-state index contributed by atoms with van der Waals surface area (Å²) in [6.45, 7) is 7.42. The van der Waals surface area contributed by atoms with Gasteiger partial charge in [-0.3, -0.25) is 0 Å². The summed E-state index contributed by atoms with van der Waals surface area (Å²) in [5.41, 5.74) is 1.33. The van der Waals surface area contributed by atoms with Crippen LogP contribution in [0.4, 0.5) is 0 Å². The topological polar surface area (TPSA) is 41.5 Å². The highest BCUT2D eigenvalue weighted by Crippen LogP contribution is 2.22. The van der Waals surface area contributed by atoms with Crippen molar-refractivity contribution in [2.45, 2.75) is 39.8 Å². The van der Waals surface area contributed by atoms with Gasteiger partial charge in [0.05, 0.1) is 13.7 Å². The van der Waals surface area contributed by atoms with Crippen molar-refractivity contribution in [1.29, 1.82) is 0 Å². The van der Waals surface area contributed by atoms with E-state index >= 15 is 0 Å². The molecule has 0 fully saturated rings. The van der Waals surface area contributed by atoms with Crippen molar-refractivity contribution < 1.29 is 9.84 Å². The lowest BCUT2D eigenvalue weighted by Gasteiger charge is -2.25. The Balaban J connectivity index is 2.57. The number of aliphatic hydroxyl groups is 1. The molecule has 0 amide bonds. The number of benzene rings is 1. The molecular formula is C15H25NO2. The summed E-state index contributed by atoms with van der Waals surface area (Å²) in [5, 5.41) is 12.8. The number of aliphatic hydroxyl groups excluding tert-OH is 1. The monoisotopic (exact) mass is 251 g/mol. The van der Waals surface area contributed by atoms with E-state index in [4.69, 9.17) is 4.74 Å². The molecule has 0 aliphatic heterocycles. The maximum absolute atomic E-state index is 9.40. The van der Waals surface area contributed by atoms with Crippen molar-refractivity contribution in [1.82, 2.24) is 5.32 Å². The van der Waals surface area contributed by atoms with Crippen LogP contribution in [-0.2, 0) is 6.54 Å². The Morgan fingerprint density at radius 1 is 1.28 bits per heavy atom. The molecule has 0 heterocycles. The van der Waals surface area contributed by atoms with E-state index in [0.717, 1.165) is 17.7 Å². The number of rotatable bonds is 6. The summed E-state index contributed by atoms with van der Waals surface area (Å²) in [4.78, 5) is 0. The maximum atomic E-state index is 9.40. The molecule has 102 valence electrons. The summed E-state index contributed by atoms with van der Waals surface area (Å²) in [7, 11) is 1.68. The Bertz CT molecular complexity index is 358. The van der Waals surface area contributed by atoms with Gasteiger partial charge in [0.2, 0.25) is 0 Å². The maximum Gasteiger partial charge on any atom is 0.123 e. The highest BCUT2D eigenvalue weighted by Gasteiger charge is 2.17. The van der Waals surface area contributed by atoms with E-state index < -0.39 is 0 Å². The molecule has 1 aromatic carbocycles. The van der Waals surface area contributed by atoms with Gasteiger partial charge in [-0.1, -0.05) is 39.0 Å². The number of methoxy groups -OCH3 is 1. The highest BCUT2D eigenvalue weighted by molar-refractivity contribution is 5.33. The Kier molecular flexibility index (Phi) is 5.63. The Labute approximate surface area is 110 Å². The zero-order valence-electron chi connectivity index (χ0n) is 11.9. The van der Waals surface area contributed by atoms with Crippen LogP contribution in [0.2, 0.25) is 0 Å². The van der Waals surface area contributed by atoms with Gasteiger partial charge in [-0.25, -0.2) is 0 Å². The van der Waals surface area contributed by atoms with Crippen LogP contribution >= 0.6 is 0 Å². The smallest absolute Gasteiger partial charge is 0.123 e. The molecule has 1 atom stereocenters. The third-order valence-corrected chi connectivity index (χ3v) is 2.85. The van der Waals surface area contributed by atoms with Crippen LogP contribution in [0.3, 0.4) is 0 Å². The van der Waals surface area contributed by atoms with Crippen LogP contribution in [0.15, 0.2) is 24.3 Å². The Morgan fingerprint density at radius 3 is 2.50 bits per heavy atom. The minimum absolute atomic E-state index is 0.120. The fraction of sp³-hybridized carbons (Fsp3) is 0.600. The molecule has 18 heavy (non-hydrogen) atoms. The molecule has 0 radical (unpaired) electrons. The third-order valence-electron chi connectivity index (χ3n) is 2.85. The highest BCUT2D eigenvalue weighted by atomic mass is 16.5. The lowest BCUT2D eigenvalue weighted by atomic mass is 9.88. The molecule has 0 aromatic heterocycles. The Morgan fingerprint density at radius 2 is 1.94 bits per heavy atom. The molecule has 1 rings (SSSR count). The van der Waals surface area contributed by atoms with Gasteiger partial charge in [0.25, 0.3) is 0 Å². The summed E-state index contributed by atoms with van der Waals surface area (Å²) < 4.78 is 5.31. The van der Waals surface area contributed by atoms with E-state index in [-0.39, 0.29) is 18.1 Å². The van der Waals surface area contributed by atoms with E-state index in [2.05, 4.69) is 26.1 Å². The summed E-state index contributed by atoms with van der Waals surface area (Å²) in [6, 6.07) is 8.07. The van der Waals surface area contributed by atoms with Gasteiger partial charge >= 0.3 is 0 Å². The standard InChI is InChI=1S/C15H25NO2/c1-15(2,3)9-13(11-17)16-10-12-7-5-6-8-14(12)18-4/h5-8,13,16-17H,9-11H2,1-4H3. The van der Waals surface area contributed by atoms with Crippen LogP contribution in [0.5, 0.6) is 5.75 Å². The summed E-state index contributed by atoms with van der Waals surface area (Å²) in [6.07, 6.45) is 0.943. The molecule has 0 aliphatic carbocycles. The van der Waals surface area contributed by atoms with Crippen molar-refractivity contribution in [2.24, 2.45) is 5.41 Å². The average molecular weight is 251 g/mol. The third kappa shape index (κ3) is 5.07. The van der Waals surface area contributed by atoms with Gasteiger partial charge in [-0.2, -0.15) is 0 Å². The lowest BCUT2D eigenvalue weighted by Crippen LogP contribution is -2.35. The van der Waals surface area contributed by atoms with E-state index in [1.54, 1.807) is 7.11 Å². The van der Waals surface area contributed by atoms with Crippen molar-refractivity contribution >= 4 is 0 Å². The predicted molar refractivity (Wildman–Crippen MR) is 74.8 cm³/mol. The van der Waals surface area contributed by atoms with Crippen molar-refractivity contribution in [2.75, 3.05) is 13.7 Å². The normalized spacial score (nSPS) is 13.4. The minimum atomic E-state index is 0.120. The van der Waals surface area contributed by atoms with Gasteiger partial charge in [0.1, 0.15) is 5.75 Å². The Hall–Kier alpha value is -1.06. The number of hydrogen-bond donors (Lipinski definition) is 2. The predicted octanol–water partition coefficient (Wildman–Crippen LogP) is 2.58. The van der Waals surface area contributed by atoms with Crippen LogP contribution in [0, 0.1) is 5.41 Å². The van der Waals surface area contributed by atoms with Crippen LogP contribution < -0.4 is 10.1 Å². The lowest BCUT2D eigenvalue weighted by molar-refractivity contribution is 0.197. The van der Waals surface area contributed by atoms with Crippen LogP contribution in [-0.4, -0.2) is 24.9 Å². The van der Waals surface area contributed by atoms with Gasteiger partial charge < -0.3 is 15.2 Å². The van der Waals surface area contributed by atoms with Crippen LogP contribution in [0.25, 0.3) is 0 Å². The molecule has 0 aliphatic rings. The first kappa shape index (κ1) is 15.0. The zero-order valence-corrected chi connectivity index (χ0v) is 11.9. The first-order valence-electron chi connectivity index (χ1n) is 6.42. The molecule has 0 saturated heterocycles. The van der Waals surface area contributed by atoms with E-state index in [1.807, 2.05) is 24.3 Å². The van der Waals surface area contributed by atoms with E-state index in [0.29, 0.717) is 6.54 Å². The number of para-hydroxylation sites is 1.